The summed E-state index contributed by atoms with van der Waals surface area (Å²) >= 11 is 0. The molecule has 0 amide bonds. The average molecular weight is 691 g/mol. The van der Waals surface area contributed by atoms with Crippen LogP contribution in [0.3, 0.4) is 0 Å². The summed E-state index contributed by atoms with van der Waals surface area (Å²) in [4.78, 5) is 0. The topological polar surface area (TPSA) is 13.1 Å². The summed E-state index contributed by atoms with van der Waals surface area (Å²) in [6.07, 6.45) is 0. The Morgan fingerprint density at radius 3 is 1.62 bits per heavy atom. The van der Waals surface area contributed by atoms with Crippen molar-refractivity contribution in [1.82, 2.24) is 0 Å². The molecule has 0 atom stereocenters. The van der Waals surface area contributed by atoms with Crippen LogP contribution in [0.5, 0.6) is 0 Å². The van der Waals surface area contributed by atoms with Crippen LogP contribution in [0.4, 0.5) is 0 Å². The average Bonchev–Trinajstić information content (AvgIpc) is 3.98. The Balaban J connectivity index is 1.32. The number of hydrogen-bond donors (Lipinski definition) is 0. The van der Waals surface area contributed by atoms with Crippen molar-refractivity contribution in [3.05, 3.63) is 180 Å². The molecule has 10 aromatic rings. The van der Waals surface area contributed by atoms with Gasteiger partial charge < -0.3 is 4.42 Å². The molecule has 1 aromatic heterocycles. The first-order valence-corrected chi connectivity index (χ1v) is 15.9. The van der Waals surface area contributed by atoms with Gasteiger partial charge in [0.2, 0.25) is 0 Å². The zero-order valence-electron chi connectivity index (χ0n) is 54.9. The predicted octanol–water partition coefficient (Wildman–Crippen LogP) is 14.4. The smallest absolute Gasteiger partial charge is 0.136 e. The lowest BCUT2D eigenvalue weighted by atomic mass is 9.82. The van der Waals surface area contributed by atoms with E-state index in [0.29, 0.717) is 0 Å². The molecule has 0 saturated heterocycles. The van der Waals surface area contributed by atoms with Crippen LogP contribution in [0.1, 0.15) is 63.4 Å². The van der Waals surface area contributed by atoms with Gasteiger partial charge in [0.15, 0.2) is 0 Å². The molecule has 1 heterocycles. The van der Waals surface area contributed by atoms with Crippen molar-refractivity contribution >= 4 is 54.3 Å². The number of fused-ring (bicyclic) bond motifs is 9. The second kappa shape index (κ2) is 10.8. The zero-order valence-corrected chi connectivity index (χ0v) is 26.9. The monoisotopic (exact) mass is 690 g/mol. The van der Waals surface area contributed by atoms with E-state index >= 15 is 0 Å². The van der Waals surface area contributed by atoms with E-state index in [2.05, 4.69) is 0 Å². The van der Waals surface area contributed by atoms with Crippen molar-refractivity contribution in [2.45, 2.75) is 19.3 Å². The highest BCUT2D eigenvalue weighted by Gasteiger charge is 2.35. The summed E-state index contributed by atoms with van der Waals surface area (Å²) in [6, 6.07) is -23.6. The second-order valence-electron chi connectivity index (χ2n) is 12.6. The van der Waals surface area contributed by atoms with Gasteiger partial charge >= 0.3 is 0 Å². The van der Waals surface area contributed by atoms with Gasteiger partial charge in [-0.25, -0.2) is 0 Å². The van der Waals surface area contributed by atoms with Crippen molar-refractivity contribution in [1.29, 1.82) is 0 Å². The van der Waals surface area contributed by atoms with E-state index in [1.165, 1.54) is 0 Å². The molecule has 1 nitrogen and oxygen atoms in total. The maximum Gasteiger partial charge on any atom is 0.136 e. The summed E-state index contributed by atoms with van der Waals surface area (Å²) in [6.45, 7) is 3.08. The Morgan fingerprint density at radius 2 is 0.904 bits per heavy atom. The number of hydrogen-bond acceptors (Lipinski definition) is 1. The van der Waals surface area contributed by atoms with E-state index in [1.807, 2.05) is 0 Å². The molecule has 0 N–H and O–H groups in total. The van der Waals surface area contributed by atoms with Crippen molar-refractivity contribution in [3.63, 3.8) is 0 Å². The fourth-order valence-corrected chi connectivity index (χ4v) is 6.95. The molecule has 0 fully saturated rings. The third kappa shape index (κ3) is 4.17. The highest BCUT2D eigenvalue weighted by atomic mass is 16.3. The van der Waals surface area contributed by atoms with Crippen LogP contribution in [-0.2, 0) is 5.41 Å². The van der Waals surface area contributed by atoms with E-state index in [0.717, 1.165) is 0 Å². The molecule has 1 heteroatoms. The molecular weight excluding hydrogens is 629 g/mol. The van der Waals surface area contributed by atoms with Crippen LogP contribution in [0.2, 0.25) is 0 Å². The van der Waals surface area contributed by atoms with Gasteiger partial charge in [0.25, 0.3) is 0 Å². The van der Waals surface area contributed by atoms with Crippen LogP contribution in [0.25, 0.3) is 98.8 Å². The lowest BCUT2D eigenvalue weighted by molar-refractivity contribution is 0.660. The number of furan rings is 1. The largest absolute Gasteiger partial charge is 0.456 e. The van der Waals surface area contributed by atoms with Gasteiger partial charge in [-0.2, -0.15) is 0 Å². The number of benzene rings is 9. The summed E-state index contributed by atoms with van der Waals surface area (Å²) in [5.41, 5.74) is -7.47. The summed E-state index contributed by atoms with van der Waals surface area (Å²) in [5, 5.41) is -4.82. The Labute approximate surface area is 341 Å². The highest BCUT2D eigenvalue weighted by Crippen LogP contribution is 2.50. The number of rotatable bonds is 3. The SMILES string of the molecule is [2H]c1c([2H])c([2H])c2c(c1[2H])-c1c([2H])c(-c3c([2H])c([2H])c(-c4c5c([2H])c([2H])c([2H])c([2H])c5c(-c5c([2H])c([2H])c6oc7c([2H])c8c([2H])c([2H])c([2H])c([2H])c8c([2H])c7c6c5[2H])c5c([2H])c([2H])c([2H])c([2H])c45)c([2H])c3[2H])c([2H])c([2H])c1C2(C)C. The van der Waals surface area contributed by atoms with E-state index in [-0.39, 0.29) is 22.3 Å². The third-order valence-corrected chi connectivity index (χ3v) is 9.39. The van der Waals surface area contributed by atoms with Crippen LogP contribution >= 0.6 is 0 Å². The normalized spacial score (nSPS) is 20.9. The Hall–Kier alpha value is -6.44. The minimum Gasteiger partial charge on any atom is -0.456 e. The lowest BCUT2D eigenvalue weighted by Crippen LogP contribution is -2.14. The maximum atomic E-state index is 9.86. The van der Waals surface area contributed by atoms with Crippen LogP contribution in [0, 0.1) is 0 Å². The Kier molecular flexibility index (Phi) is 2.69. The van der Waals surface area contributed by atoms with Gasteiger partial charge in [0.1, 0.15) is 11.2 Å². The molecule has 9 aromatic carbocycles. The Bertz CT molecular complexity index is 4600. The van der Waals surface area contributed by atoms with Crippen LogP contribution in [0.15, 0.2) is 174 Å². The summed E-state index contributed by atoms with van der Waals surface area (Å²) < 4.78 is 262. The van der Waals surface area contributed by atoms with Gasteiger partial charge in [-0.05, 0) is 118 Å². The molecular formula is C51H34O. The zero-order chi connectivity index (χ0) is 58.9. The summed E-state index contributed by atoms with van der Waals surface area (Å²) in [5.74, 6) is 0. The van der Waals surface area contributed by atoms with Crippen molar-refractivity contribution in [2.24, 2.45) is 0 Å². The molecule has 0 spiro atoms. The van der Waals surface area contributed by atoms with E-state index in [4.69, 9.17) is 22.2 Å². The molecule has 11 rings (SSSR count). The van der Waals surface area contributed by atoms with E-state index in [9.17, 15) is 20.6 Å². The molecule has 0 radical (unpaired) electrons. The molecule has 0 bridgehead atoms. The van der Waals surface area contributed by atoms with Crippen molar-refractivity contribution < 1.29 is 42.8 Å². The fraction of sp³-hybridized carbons (Fsp3) is 0.0588. The van der Waals surface area contributed by atoms with Crippen LogP contribution in [-0.4, -0.2) is 0 Å². The predicted molar refractivity (Wildman–Crippen MR) is 220 cm³/mol. The molecule has 1 aliphatic carbocycles. The first-order valence-electron chi connectivity index (χ1n) is 29.9. The second-order valence-corrected chi connectivity index (χ2v) is 12.6. The van der Waals surface area contributed by atoms with Gasteiger partial charge in [-0.1, -0.05) is 153 Å². The van der Waals surface area contributed by atoms with Gasteiger partial charge in [0, 0.05) is 16.2 Å². The van der Waals surface area contributed by atoms with Crippen LogP contribution < -0.4 is 0 Å². The van der Waals surface area contributed by atoms with E-state index < -0.39 is 262 Å². The van der Waals surface area contributed by atoms with Gasteiger partial charge in [-0.15, -0.1) is 0 Å². The first-order chi connectivity index (χ1) is 37.2. The minimum absolute atomic E-state index is 0.00512. The molecule has 0 unspecified atom stereocenters. The summed E-state index contributed by atoms with van der Waals surface area (Å²) in [7, 11) is 0. The van der Waals surface area contributed by atoms with Crippen molar-refractivity contribution in [3.8, 4) is 44.5 Å². The van der Waals surface area contributed by atoms with E-state index in [1.54, 1.807) is 13.8 Å². The molecule has 1 aliphatic rings. The standard InChI is InChI=1S/C51H34O/c1-51(2)45-18-10-9-13-37(45)42-27-35(23-25-46(42)51)31-19-21-32(22-20-31)49-38-14-5-7-16-40(38)50(41-17-8-6-15-39(41)49)36-24-26-47-43(29-36)44-28-33-11-3-4-12-34(33)30-48(44)52-47/h3-30H,1-2H3/i3D,4D,5D,6D,7D,8D,9D,10D,11D,12D,13D,14D,15D,16D,17D,18D,19D,20D,21D,22D,23D,24D,25D,26D,27D,28D,29D,30D. The quantitative estimate of drug-likeness (QED) is 0.168. The Morgan fingerprint density at radius 1 is 0.385 bits per heavy atom. The maximum absolute atomic E-state index is 9.86. The molecule has 244 valence electrons. The van der Waals surface area contributed by atoms with Gasteiger partial charge in [0.05, 0.1) is 38.4 Å². The fourth-order valence-electron chi connectivity index (χ4n) is 6.95. The first kappa shape index (κ1) is 13.0. The molecule has 0 aliphatic heterocycles. The molecule has 52 heavy (non-hydrogen) atoms. The van der Waals surface area contributed by atoms with Crippen molar-refractivity contribution in [2.75, 3.05) is 0 Å². The lowest BCUT2D eigenvalue weighted by Gasteiger charge is -2.21. The highest BCUT2D eigenvalue weighted by molar-refractivity contribution is 6.22. The molecule has 0 saturated carbocycles. The minimum atomic E-state index is -1.40. The third-order valence-electron chi connectivity index (χ3n) is 9.39. The van der Waals surface area contributed by atoms with Gasteiger partial charge in [-0.3, -0.25) is 0 Å².